The van der Waals surface area contributed by atoms with Gasteiger partial charge >= 0.3 is 0 Å². The molecule has 2 atom stereocenters. The molecule has 0 N–H and O–H groups in total. The lowest BCUT2D eigenvalue weighted by molar-refractivity contribution is -0.135. The van der Waals surface area contributed by atoms with E-state index < -0.39 is 0 Å². The normalized spacial score (nSPS) is 27.1. The third kappa shape index (κ3) is 2.07. The summed E-state index contributed by atoms with van der Waals surface area (Å²) >= 11 is 0. The van der Waals surface area contributed by atoms with Gasteiger partial charge in [-0.2, -0.15) is 0 Å². The van der Waals surface area contributed by atoms with Crippen molar-refractivity contribution in [2.24, 2.45) is 5.92 Å². The summed E-state index contributed by atoms with van der Waals surface area (Å²) in [4.78, 5) is 26.2. The molecule has 4 rings (SSSR count). The fourth-order valence-electron chi connectivity index (χ4n) is 3.67. The Morgan fingerprint density at radius 1 is 1.19 bits per heavy atom. The first-order valence-corrected chi connectivity index (χ1v) is 7.43. The van der Waals surface area contributed by atoms with Crippen molar-refractivity contribution in [2.45, 2.75) is 38.3 Å². The van der Waals surface area contributed by atoms with Gasteiger partial charge in [-0.05, 0) is 36.5 Å². The topological polar surface area (TPSA) is 55.8 Å². The lowest BCUT2D eigenvalue weighted by Crippen LogP contribution is -2.42. The summed E-state index contributed by atoms with van der Waals surface area (Å²) in [7, 11) is 0. The summed E-state index contributed by atoms with van der Waals surface area (Å²) in [5.41, 5.74) is 0.978. The molecule has 1 aromatic carbocycles. The number of carbonyl (C=O) groups is 2. The van der Waals surface area contributed by atoms with E-state index in [2.05, 4.69) is 0 Å². The van der Waals surface area contributed by atoms with Gasteiger partial charge in [0.25, 0.3) is 0 Å². The molecule has 1 amide bonds. The molecule has 2 heterocycles. The van der Waals surface area contributed by atoms with Crippen LogP contribution in [-0.2, 0) is 16.1 Å². The number of rotatable bonds is 2. The second-order valence-electron chi connectivity index (χ2n) is 5.98. The largest absolute Gasteiger partial charge is 0.454 e. The monoisotopic (exact) mass is 287 g/mol. The van der Waals surface area contributed by atoms with Gasteiger partial charge in [-0.3, -0.25) is 9.59 Å². The lowest BCUT2D eigenvalue weighted by atomic mass is 9.84. The number of fused-ring (bicyclic) bond motifs is 2. The second-order valence-corrected chi connectivity index (χ2v) is 5.98. The Balaban J connectivity index is 1.58. The average Bonchev–Trinajstić information content (AvgIpc) is 3.04. The summed E-state index contributed by atoms with van der Waals surface area (Å²) in [5.74, 6) is 1.98. The Morgan fingerprint density at radius 3 is 2.95 bits per heavy atom. The van der Waals surface area contributed by atoms with Crippen LogP contribution in [-0.4, -0.2) is 29.4 Å². The quantitative estimate of drug-likeness (QED) is 0.833. The van der Waals surface area contributed by atoms with Crippen molar-refractivity contribution in [3.05, 3.63) is 23.8 Å². The van der Waals surface area contributed by atoms with Gasteiger partial charge in [0, 0.05) is 19.4 Å². The van der Waals surface area contributed by atoms with Crippen molar-refractivity contribution in [3.63, 3.8) is 0 Å². The minimum Gasteiger partial charge on any atom is -0.454 e. The highest BCUT2D eigenvalue weighted by Crippen LogP contribution is 2.37. The van der Waals surface area contributed by atoms with Gasteiger partial charge in [0.05, 0.1) is 6.04 Å². The average molecular weight is 287 g/mol. The van der Waals surface area contributed by atoms with Gasteiger partial charge in [-0.15, -0.1) is 0 Å². The predicted octanol–water partition coefficient (Wildman–Crippen LogP) is 1.89. The molecule has 5 nitrogen and oxygen atoms in total. The number of hydrogen-bond acceptors (Lipinski definition) is 4. The lowest BCUT2D eigenvalue weighted by Gasteiger charge is -2.30. The summed E-state index contributed by atoms with van der Waals surface area (Å²) in [5, 5.41) is 0. The van der Waals surface area contributed by atoms with Crippen LogP contribution in [0.4, 0.5) is 0 Å². The van der Waals surface area contributed by atoms with Gasteiger partial charge in [0.15, 0.2) is 17.3 Å². The summed E-state index contributed by atoms with van der Waals surface area (Å²) in [6.07, 6.45) is 3.03. The van der Waals surface area contributed by atoms with Crippen molar-refractivity contribution in [1.82, 2.24) is 4.90 Å². The van der Waals surface area contributed by atoms with Crippen LogP contribution in [0.15, 0.2) is 18.2 Å². The van der Waals surface area contributed by atoms with Crippen LogP contribution in [0.3, 0.4) is 0 Å². The standard InChI is InChI=1S/C16H17NO4/c18-12-3-1-2-11-7-15(19)17(16(11)12)8-10-4-5-13-14(6-10)21-9-20-13/h4-6,11,16H,1-3,7-9H2/t11-,16+/m1/s1. The SMILES string of the molecule is O=C1CCC[C@@H]2CC(=O)N(Cc3ccc4c(c3)OCO4)[C@H]12. The van der Waals surface area contributed by atoms with Gasteiger partial charge < -0.3 is 14.4 Å². The number of nitrogens with zero attached hydrogens (tertiary/aromatic N) is 1. The zero-order chi connectivity index (χ0) is 14.4. The Labute approximate surface area is 122 Å². The highest BCUT2D eigenvalue weighted by Gasteiger charge is 2.45. The molecule has 0 aromatic heterocycles. The number of amides is 1. The molecule has 110 valence electrons. The molecule has 5 heteroatoms. The molecule has 3 aliphatic rings. The van der Waals surface area contributed by atoms with E-state index >= 15 is 0 Å². The molecule has 21 heavy (non-hydrogen) atoms. The van der Waals surface area contributed by atoms with E-state index in [9.17, 15) is 9.59 Å². The van der Waals surface area contributed by atoms with E-state index in [-0.39, 0.29) is 30.4 Å². The molecule has 1 aromatic rings. The smallest absolute Gasteiger partial charge is 0.231 e. The molecule has 1 saturated carbocycles. The second kappa shape index (κ2) is 4.76. The molecule has 0 radical (unpaired) electrons. The number of ketones is 1. The molecular weight excluding hydrogens is 270 g/mol. The van der Waals surface area contributed by atoms with E-state index in [0.29, 0.717) is 25.1 Å². The maximum absolute atomic E-state index is 12.2. The maximum atomic E-state index is 12.2. The van der Waals surface area contributed by atoms with Gasteiger partial charge in [0.2, 0.25) is 12.7 Å². The Hall–Kier alpha value is -2.04. The van der Waals surface area contributed by atoms with Gasteiger partial charge in [-0.25, -0.2) is 0 Å². The molecule has 1 aliphatic carbocycles. The van der Waals surface area contributed by atoms with E-state index in [0.717, 1.165) is 24.2 Å². The van der Waals surface area contributed by atoms with Crippen LogP contribution in [0.1, 0.15) is 31.2 Å². The molecule has 2 aliphatic heterocycles. The highest BCUT2D eigenvalue weighted by atomic mass is 16.7. The third-order valence-corrected chi connectivity index (χ3v) is 4.66. The van der Waals surface area contributed by atoms with Crippen molar-refractivity contribution in [2.75, 3.05) is 6.79 Å². The fraction of sp³-hybridized carbons (Fsp3) is 0.500. The number of Topliss-reactive ketones (excluding diaryl/α,β-unsaturated/α-hetero) is 1. The number of likely N-dealkylation sites (tertiary alicyclic amines) is 1. The molecule has 1 saturated heterocycles. The highest BCUT2D eigenvalue weighted by molar-refractivity contribution is 5.93. The number of benzene rings is 1. The number of hydrogen-bond donors (Lipinski definition) is 0. The summed E-state index contributed by atoms with van der Waals surface area (Å²) < 4.78 is 10.7. The minimum absolute atomic E-state index is 0.0953. The van der Waals surface area contributed by atoms with Crippen molar-refractivity contribution >= 4 is 11.7 Å². The Bertz CT molecular complexity index is 612. The van der Waals surface area contributed by atoms with E-state index in [1.165, 1.54) is 0 Å². The van der Waals surface area contributed by atoms with Crippen LogP contribution in [0.25, 0.3) is 0 Å². The van der Waals surface area contributed by atoms with Crippen molar-refractivity contribution in [1.29, 1.82) is 0 Å². The fourth-order valence-corrected chi connectivity index (χ4v) is 3.67. The molecule has 0 unspecified atom stereocenters. The van der Waals surface area contributed by atoms with Crippen molar-refractivity contribution in [3.8, 4) is 11.5 Å². The first-order chi connectivity index (χ1) is 10.2. The number of ether oxygens (including phenoxy) is 2. The Kier molecular flexibility index (Phi) is 2.87. The van der Waals surface area contributed by atoms with Crippen molar-refractivity contribution < 1.29 is 19.1 Å². The van der Waals surface area contributed by atoms with Crippen LogP contribution >= 0.6 is 0 Å². The van der Waals surface area contributed by atoms with Crippen LogP contribution in [0.5, 0.6) is 11.5 Å². The zero-order valence-corrected chi connectivity index (χ0v) is 11.7. The predicted molar refractivity (Wildman–Crippen MR) is 73.9 cm³/mol. The van der Waals surface area contributed by atoms with Crippen LogP contribution < -0.4 is 9.47 Å². The van der Waals surface area contributed by atoms with Gasteiger partial charge in [0.1, 0.15) is 0 Å². The summed E-state index contributed by atoms with van der Waals surface area (Å²) in [6.45, 7) is 0.715. The van der Waals surface area contributed by atoms with Crippen LogP contribution in [0.2, 0.25) is 0 Å². The van der Waals surface area contributed by atoms with Gasteiger partial charge in [-0.1, -0.05) is 6.07 Å². The van der Waals surface area contributed by atoms with E-state index in [1.807, 2.05) is 18.2 Å². The molecule has 0 bridgehead atoms. The molecule has 0 spiro atoms. The molecular formula is C16H17NO4. The zero-order valence-electron chi connectivity index (χ0n) is 11.7. The van der Waals surface area contributed by atoms with E-state index in [1.54, 1.807) is 4.90 Å². The van der Waals surface area contributed by atoms with Crippen LogP contribution in [0, 0.1) is 5.92 Å². The number of carbonyl (C=O) groups excluding carboxylic acids is 2. The Morgan fingerprint density at radius 2 is 2.05 bits per heavy atom. The maximum Gasteiger partial charge on any atom is 0.231 e. The molecule has 2 fully saturated rings. The first-order valence-electron chi connectivity index (χ1n) is 7.43. The summed E-state index contributed by atoms with van der Waals surface area (Å²) in [6, 6.07) is 5.48. The first kappa shape index (κ1) is 12.7. The third-order valence-electron chi connectivity index (χ3n) is 4.66. The van der Waals surface area contributed by atoms with E-state index in [4.69, 9.17) is 9.47 Å². The minimum atomic E-state index is -0.211.